The molecular weight excluding hydrogens is 176 g/mol. The molecule has 0 spiro atoms. The zero-order valence-corrected chi connectivity index (χ0v) is 6.71. The van der Waals surface area contributed by atoms with Crippen molar-refractivity contribution in [3.63, 3.8) is 0 Å². The average molecular weight is 185 g/mol. The van der Waals surface area contributed by atoms with Gasteiger partial charge in [-0.1, -0.05) is 28.1 Å². The molecular formula is C8H9Br. The van der Waals surface area contributed by atoms with Crippen molar-refractivity contribution in [1.29, 1.82) is 0 Å². The van der Waals surface area contributed by atoms with Gasteiger partial charge >= 0.3 is 0 Å². The summed E-state index contributed by atoms with van der Waals surface area (Å²) in [6.07, 6.45) is 6.32. The molecule has 4 atom stereocenters. The highest BCUT2D eigenvalue weighted by molar-refractivity contribution is 9.09. The van der Waals surface area contributed by atoms with Crippen LogP contribution < -0.4 is 0 Å². The first-order valence-corrected chi connectivity index (χ1v) is 4.62. The lowest BCUT2D eigenvalue weighted by Gasteiger charge is -2.01. The molecule has 0 aliphatic heterocycles. The largest absolute Gasteiger partial charge is 0.0884 e. The molecule has 0 radical (unpaired) electrons. The van der Waals surface area contributed by atoms with Crippen LogP contribution in [0.1, 0.15) is 6.42 Å². The summed E-state index contributed by atoms with van der Waals surface area (Å²) in [5, 5.41) is 0. The lowest BCUT2D eigenvalue weighted by molar-refractivity contribution is 0.582. The molecule has 3 aliphatic rings. The second-order valence-corrected chi connectivity index (χ2v) is 4.60. The zero-order valence-electron chi connectivity index (χ0n) is 5.13. The first-order valence-electron chi connectivity index (χ1n) is 3.70. The fraction of sp³-hybridized carbons (Fsp3) is 0.750. The molecule has 3 rings (SSSR count). The van der Waals surface area contributed by atoms with Gasteiger partial charge in [0.25, 0.3) is 0 Å². The summed E-state index contributed by atoms with van der Waals surface area (Å²) in [6.45, 7) is 0. The van der Waals surface area contributed by atoms with E-state index in [1.54, 1.807) is 0 Å². The van der Waals surface area contributed by atoms with Crippen LogP contribution in [-0.4, -0.2) is 4.83 Å². The van der Waals surface area contributed by atoms with Gasteiger partial charge in [-0.2, -0.15) is 0 Å². The van der Waals surface area contributed by atoms with Crippen molar-refractivity contribution in [3.8, 4) is 0 Å². The van der Waals surface area contributed by atoms with Crippen LogP contribution in [0.2, 0.25) is 0 Å². The van der Waals surface area contributed by atoms with Crippen molar-refractivity contribution in [1.82, 2.24) is 0 Å². The van der Waals surface area contributed by atoms with E-state index in [-0.39, 0.29) is 0 Å². The highest BCUT2D eigenvalue weighted by Gasteiger charge is 2.62. The Balaban J connectivity index is 2.03. The Hall–Kier alpha value is 0.220. The third kappa shape index (κ3) is 0.429. The van der Waals surface area contributed by atoms with Crippen LogP contribution in [0.3, 0.4) is 0 Å². The molecule has 0 amide bonds. The van der Waals surface area contributed by atoms with E-state index in [0.717, 1.165) is 28.5 Å². The summed E-state index contributed by atoms with van der Waals surface area (Å²) in [4.78, 5) is 0.885. The normalized spacial score (nSPS) is 66.6. The van der Waals surface area contributed by atoms with Crippen molar-refractivity contribution in [2.75, 3.05) is 0 Å². The molecule has 0 heterocycles. The van der Waals surface area contributed by atoms with Crippen molar-refractivity contribution >= 4 is 15.9 Å². The summed E-state index contributed by atoms with van der Waals surface area (Å²) in [5.41, 5.74) is 0. The van der Waals surface area contributed by atoms with Crippen LogP contribution in [-0.2, 0) is 0 Å². The van der Waals surface area contributed by atoms with Crippen molar-refractivity contribution in [2.24, 2.45) is 23.7 Å². The van der Waals surface area contributed by atoms with Gasteiger partial charge in [0.1, 0.15) is 0 Å². The first kappa shape index (κ1) is 4.95. The molecule has 0 aromatic carbocycles. The van der Waals surface area contributed by atoms with E-state index < -0.39 is 0 Å². The summed E-state index contributed by atoms with van der Waals surface area (Å²) >= 11 is 3.71. The highest BCUT2D eigenvalue weighted by Crippen LogP contribution is 2.65. The monoisotopic (exact) mass is 184 g/mol. The van der Waals surface area contributed by atoms with Crippen LogP contribution in [0.5, 0.6) is 0 Å². The Morgan fingerprint density at radius 3 is 2.11 bits per heavy atom. The lowest BCUT2D eigenvalue weighted by atomic mass is 10.1. The van der Waals surface area contributed by atoms with Gasteiger partial charge in [0.2, 0.25) is 0 Å². The van der Waals surface area contributed by atoms with Gasteiger partial charge in [0, 0.05) is 4.83 Å². The van der Waals surface area contributed by atoms with Crippen molar-refractivity contribution < 1.29 is 0 Å². The molecule has 4 unspecified atom stereocenters. The minimum absolute atomic E-state index is 0.885. The second kappa shape index (κ2) is 1.29. The topological polar surface area (TPSA) is 0 Å². The molecule has 0 aromatic rings. The summed E-state index contributed by atoms with van der Waals surface area (Å²) in [6, 6.07) is 0. The Kier molecular flexibility index (Phi) is 0.710. The Labute approximate surface area is 63.5 Å². The quantitative estimate of drug-likeness (QED) is 0.401. The fourth-order valence-corrected chi connectivity index (χ4v) is 4.00. The van der Waals surface area contributed by atoms with E-state index in [1.165, 1.54) is 6.42 Å². The maximum Gasteiger partial charge on any atom is 0.0220 e. The molecule has 0 aromatic heterocycles. The molecule has 2 saturated carbocycles. The minimum atomic E-state index is 0.885. The van der Waals surface area contributed by atoms with Gasteiger partial charge in [-0.15, -0.1) is 0 Å². The van der Waals surface area contributed by atoms with Crippen LogP contribution in [0.15, 0.2) is 12.2 Å². The van der Waals surface area contributed by atoms with E-state index >= 15 is 0 Å². The summed E-state index contributed by atoms with van der Waals surface area (Å²) < 4.78 is 0. The van der Waals surface area contributed by atoms with Crippen LogP contribution in [0.25, 0.3) is 0 Å². The molecule has 3 aliphatic carbocycles. The number of allylic oxidation sites excluding steroid dienone is 2. The smallest absolute Gasteiger partial charge is 0.0220 e. The lowest BCUT2D eigenvalue weighted by Crippen LogP contribution is -1.96. The Morgan fingerprint density at radius 2 is 1.67 bits per heavy atom. The van der Waals surface area contributed by atoms with Gasteiger partial charge in [0.05, 0.1) is 0 Å². The Bertz CT molecular complexity index is 167. The molecule has 1 heteroatoms. The van der Waals surface area contributed by atoms with Gasteiger partial charge in [-0.25, -0.2) is 0 Å². The van der Waals surface area contributed by atoms with Gasteiger partial charge in [-0.3, -0.25) is 0 Å². The number of halogens is 1. The number of hydrogen-bond donors (Lipinski definition) is 0. The van der Waals surface area contributed by atoms with Crippen molar-refractivity contribution in [2.45, 2.75) is 11.2 Å². The van der Waals surface area contributed by atoms with Crippen LogP contribution in [0, 0.1) is 23.7 Å². The van der Waals surface area contributed by atoms with Crippen LogP contribution >= 0.6 is 15.9 Å². The van der Waals surface area contributed by atoms with Gasteiger partial charge < -0.3 is 0 Å². The third-order valence-electron chi connectivity index (χ3n) is 3.18. The molecule has 0 nitrogen and oxygen atoms in total. The standard InChI is InChI=1S/C8H9Br/c9-8-6-4-1-2-5(3-4)7(6)8/h1-2,4-8H,3H2. The van der Waals surface area contributed by atoms with Gasteiger partial charge in [-0.05, 0) is 30.1 Å². The Morgan fingerprint density at radius 1 is 1.11 bits per heavy atom. The maximum atomic E-state index is 3.71. The van der Waals surface area contributed by atoms with E-state index in [0.29, 0.717) is 0 Å². The zero-order chi connectivity index (χ0) is 6.01. The number of hydrogen-bond acceptors (Lipinski definition) is 0. The van der Waals surface area contributed by atoms with Crippen molar-refractivity contribution in [3.05, 3.63) is 12.2 Å². The summed E-state index contributed by atoms with van der Waals surface area (Å²) in [7, 11) is 0. The average Bonchev–Trinajstić information content (AvgIpc) is 2.29. The number of rotatable bonds is 0. The van der Waals surface area contributed by atoms with Gasteiger partial charge in [0.15, 0.2) is 0 Å². The van der Waals surface area contributed by atoms with Crippen LogP contribution in [0.4, 0.5) is 0 Å². The molecule has 0 saturated heterocycles. The first-order chi connectivity index (χ1) is 4.38. The minimum Gasteiger partial charge on any atom is -0.0884 e. The molecule has 9 heavy (non-hydrogen) atoms. The molecule has 0 N–H and O–H groups in total. The van der Waals surface area contributed by atoms with E-state index in [9.17, 15) is 0 Å². The number of alkyl halides is 1. The third-order valence-corrected chi connectivity index (χ3v) is 4.40. The summed E-state index contributed by atoms with van der Waals surface area (Å²) in [5.74, 6) is 4.01. The molecule has 48 valence electrons. The molecule has 2 bridgehead atoms. The fourth-order valence-electron chi connectivity index (χ4n) is 2.69. The van der Waals surface area contributed by atoms with E-state index in [2.05, 4.69) is 28.1 Å². The predicted octanol–water partition coefficient (Wildman–Crippen LogP) is 2.20. The highest BCUT2D eigenvalue weighted by atomic mass is 79.9. The maximum absolute atomic E-state index is 3.71. The number of fused-ring (bicyclic) bond motifs is 5. The second-order valence-electron chi connectivity index (χ2n) is 3.55. The predicted molar refractivity (Wildman–Crippen MR) is 40.4 cm³/mol. The molecule has 2 fully saturated rings. The van der Waals surface area contributed by atoms with E-state index in [4.69, 9.17) is 0 Å². The van der Waals surface area contributed by atoms with E-state index in [1.807, 2.05) is 0 Å². The SMILES string of the molecule is BrC1C2C3C=CC(C3)C12.